The second-order valence-electron chi connectivity index (χ2n) is 2.83. The van der Waals surface area contributed by atoms with E-state index in [1.165, 1.54) is 6.07 Å². The zero-order chi connectivity index (χ0) is 12.3. The molecule has 0 aliphatic carbocycles. The Hall–Kier alpha value is -1.56. The molecule has 86 valence electrons. The van der Waals surface area contributed by atoms with Gasteiger partial charge in [-0.25, -0.2) is 0 Å². The lowest BCUT2D eigenvalue weighted by atomic mass is 10.1. The molecule has 7 heteroatoms. The van der Waals surface area contributed by atoms with Crippen LogP contribution in [0.5, 0.6) is 0 Å². The van der Waals surface area contributed by atoms with Gasteiger partial charge in [-0.1, -0.05) is 17.7 Å². The molecule has 1 rings (SSSR count). The minimum absolute atomic E-state index is 0.0782. The summed E-state index contributed by atoms with van der Waals surface area (Å²) in [5, 5.41) is 9.93. The minimum Gasteiger partial charge on any atom is -0.259 e. The molecule has 0 spiro atoms. The number of rotatable bonds is 2. The summed E-state index contributed by atoms with van der Waals surface area (Å²) in [5.41, 5.74) is -1.30. The van der Waals surface area contributed by atoms with Gasteiger partial charge in [0, 0.05) is 11.1 Å². The third kappa shape index (κ3) is 3.23. The van der Waals surface area contributed by atoms with Crippen molar-refractivity contribution in [2.45, 2.75) is 6.18 Å². The largest absolute Gasteiger partial charge is 0.417 e. The predicted octanol–water partition coefficient (Wildman–Crippen LogP) is 3.61. The van der Waals surface area contributed by atoms with E-state index in [-0.39, 0.29) is 10.6 Å². The molecule has 0 atom stereocenters. The van der Waals surface area contributed by atoms with E-state index in [0.717, 1.165) is 18.2 Å². The minimum atomic E-state index is -4.60. The monoisotopic (exact) mass is 251 g/mol. The number of benzene rings is 1. The van der Waals surface area contributed by atoms with Gasteiger partial charge in [-0.2, -0.15) is 13.2 Å². The van der Waals surface area contributed by atoms with Gasteiger partial charge in [-0.15, -0.1) is 0 Å². The van der Waals surface area contributed by atoms with Crippen LogP contribution in [-0.2, 0) is 6.18 Å². The van der Waals surface area contributed by atoms with Crippen LogP contribution in [0.2, 0.25) is 5.02 Å². The van der Waals surface area contributed by atoms with Gasteiger partial charge in [0.25, 0.3) is 0 Å². The highest BCUT2D eigenvalue weighted by atomic mass is 35.5. The molecule has 0 bridgehead atoms. The predicted molar refractivity (Wildman–Crippen MR) is 52.5 cm³/mol. The van der Waals surface area contributed by atoms with Crippen LogP contribution in [0.25, 0.3) is 6.08 Å². The maximum absolute atomic E-state index is 12.5. The third-order valence-corrected chi connectivity index (χ3v) is 1.93. The van der Waals surface area contributed by atoms with Crippen molar-refractivity contribution in [2.75, 3.05) is 0 Å². The number of nitro groups is 1. The van der Waals surface area contributed by atoms with Crippen molar-refractivity contribution in [3.8, 4) is 0 Å². The highest BCUT2D eigenvalue weighted by Crippen LogP contribution is 2.34. The first-order valence-electron chi connectivity index (χ1n) is 3.99. The van der Waals surface area contributed by atoms with Crippen LogP contribution in [0, 0.1) is 10.1 Å². The van der Waals surface area contributed by atoms with Gasteiger partial charge < -0.3 is 0 Å². The van der Waals surface area contributed by atoms with Crippen LogP contribution in [0.4, 0.5) is 13.2 Å². The van der Waals surface area contributed by atoms with Crippen molar-refractivity contribution in [1.82, 2.24) is 0 Å². The third-order valence-electron chi connectivity index (χ3n) is 1.70. The Morgan fingerprint density at radius 3 is 2.50 bits per heavy atom. The number of hydrogen-bond acceptors (Lipinski definition) is 2. The molecule has 0 fully saturated rings. The van der Waals surface area contributed by atoms with E-state index in [0.29, 0.717) is 6.20 Å². The van der Waals surface area contributed by atoms with Crippen LogP contribution < -0.4 is 0 Å². The zero-order valence-corrected chi connectivity index (χ0v) is 8.42. The lowest BCUT2D eigenvalue weighted by molar-refractivity contribution is -0.400. The van der Waals surface area contributed by atoms with Gasteiger partial charge >= 0.3 is 6.18 Å². The van der Waals surface area contributed by atoms with E-state index in [1.807, 2.05) is 0 Å². The van der Waals surface area contributed by atoms with Gasteiger partial charge in [0.05, 0.1) is 10.5 Å². The van der Waals surface area contributed by atoms with Crippen molar-refractivity contribution in [2.24, 2.45) is 0 Å². The van der Waals surface area contributed by atoms with Gasteiger partial charge in [0.2, 0.25) is 6.20 Å². The van der Waals surface area contributed by atoms with E-state index in [2.05, 4.69) is 0 Å². The van der Waals surface area contributed by atoms with E-state index in [9.17, 15) is 23.3 Å². The van der Waals surface area contributed by atoms with Crippen LogP contribution in [0.3, 0.4) is 0 Å². The Balaban J connectivity index is 3.23. The molecule has 1 aromatic rings. The molecule has 16 heavy (non-hydrogen) atoms. The fourth-order valence-corrected chi connectivity index (χ4v) is 1.23. The normalized spacial score (nSPS) is 12.0. The molecule has 3 nitrogen and oxygen atoms in total. The Bertz CT molecular complexity index is 443. The summed E-state index contributed by atoms with van der Waals surface area (Å²) in [4.78, 5) is 9.17. The lowest BCUT2D eigenvalue weighted by Gasteiger charge is -2.09. The molecule has 0 aromatic heterocycles. The van der Waals surface area contributed by atoms with E-state index < -0.39 is 16.7 Å². The fraction of sp³-hybridized carbons (Fsp3) is 0.111. The van der Waals surface area contributed by atoms with Crippen LogP contribution in [0.15, 0.2) is 24.4 Å². The van der Waals surface area contributed by atoms with Crippen molar-refractivity contribution < 1.29 is 18.1 Å². The lowest BCUT2D eigenvalue weighted by Crippen LogP contribution is -2.07. The van der Waals surface area contributed by atoms with E-state index in [4.69, 9.17) is 11.6 Å². The molecular weight excluding hydrogens is 247 g/mol. The first kappa shape index (κ1) is 12.5. The molecular formula is C9H5ClF3NO2. The maximum Gasteiger partial charge on any atom is 0.417 e. The topological polar surface area (TPSA) is 43.1 Å². The van der Waals surface area contributed by atoms with Crippen molar-refractivity contribution in [3.63, 3.8) is 0 Å². The quantitative estimate of drug-likeness (QED) is 0.595. The van der Waals surface area contributed by atoms with Crippen molar-refractivity contribution in [1.29, 1.82) is 0 Å². The van der Waals surface area contributed by atoms with Crippen molar-refractivity contribution in [3.05, 3.63) is 50.7 Å². The molecule has 0 saturated heterocycles. The molecule has 0 radical (unpaired) electrons. The summed E-state index contributed by atoms with van der Waals surface area (Å²) in [6.07, 6.45) is -3.38. The van der Waals surface area contributed by atoms with Crippen LogP contribution >= 0.6 is 11.6 Å². The SMILES string of the molecule is O=[N+]([O-])C=Cc1ccc(Cl)cc1C(F)(F)F. The van der Waals surface area contributed by atoms with Gasteiger partial charge in [0.15, 0.2) is 0 Å². The molecule has 0 amide bonds. The number of halogens is 4. The fourth-order valence-electron chi connectivity index (χ4n) is 1.06. The molecule has 0 unspecified atom stereocenters. The molecule has 0 aliphatic heterocycles. The zero-order valence-electron chi connectivity index (χ0n) is 7.66. The highest BCUT2D eigenvalue weighted by molar-refractivity contribution is 6.30. The molecule has 1 aromatic carbocycles. The van der Waals surface area contributed by atoms with Gasteiger partial charge in [0.1, 0.15) is 0 Å². The van der Waals surface area contributed by atoms with Crippen LogP contribution in [-0.4, -0.2) is 4.92 Å². The molecule has 0 heterocycles. The van der Waals surface area contributed by atoms with E-state index >= 15 is 0 Å². The molecule has 0 N–H and O–H groups in total. The molecule has 0 saturated carbocycles. The second-order valence-corrected chi connectivity index (χ2v) is 3.27. The Morgan fingerprint density at radius 1 is 1.38 bits per heavy atom. The summed E-state index contributed by atoms with van der Waals surface area (Å²) in [6.45, 7) is 0. The molecule has 0 aliphatic rings. The number of nitrogens with zero attached hydrogens (tertiary/aromatic N) is 1. The summed E-state index contributed by atoms with van der Waals surface area (Å²) in [7, 11) is 0. The average molecular weight is 252 g/mol. The average Bonchev–Trinajstić information content (AvgIpc) is 2.14. The summed E-state index contributed by atoms with van der Waals surface area (Å²) < 4.78 is 37.5. The second kappa shape index (κ2) is 4.52. The van der Waals surface area contributed by atoms with Crippen molar-refractivity contribution >= 4 is 17.7 Å². The standard InChI is InChI=1S/C9H5ClF3NO2/c10-7-2-1-6(3-4-14(15)16)8(5-7)9(11,12)13/h1-5H. The number of alkyl halides is 3. The Morgan fingerprint density at radius 2 is 2.00 bits per heavy atom. The first-order valence-corrected chi connectivity index (χ1v) is 4.37. The first-order chi connectivity index (χ1) is 7.30. The smallest absolute Gasteiger partial charge is 0.259 e. The van der Waals surface area contributed by atoms with E-state index in [1.54, 1.807) is 0 Å². The highest BCUT2D eigenvalue weighted by Gasteiger charge is 2.33. The van der Waals surface area contributed by atoms with Crippen LogP contribution in [0.1, 0.15) is 11.1 Å². The summed E-state index contributed by atoms with van der Waals surface area (Å²) >= 11 is 5.43. The summed E-state index contributed by atoms with van der Waals surface area (Å²) in [5.74, 6) is 0. The summed E-state index contributed by atoms with van der Waals surface area (Å²) in [6, 6.07) is 3.03. The van der Waals surface area contributed by atoms with Gasteiger partial charge in [-0.05, 0) is 17.7 Å². The number of hydrogen-bond donors (Lipinski definition) is 0. The maximum atomic E-state index is 12.5. The van der Waals surface area contributed by atoms with Gasteiger partial charge in [-0.3, -0.25) is 10.1 Å². The Kier molecular flexibility index (Phi) is 3.54. The Labute approximate surface area is 93.3 Å².